The summed E-state index contributed by atoms with van der Waals surface area (Å²) < 4.78 is 5.32. The van der Waals surface area contributed by atoms with Crippen LogP contribution in [0.5, 0.6) is 0 Å². The van der Waals surface area contributed by atoms with Gasteiger partial charge < -0.3 is 15.8 Å². The van der Waals surface area contributed by atoms with E-state index in [-0.39, 0.29) is 5.54 Å². The molecule has 0 aromatic heterocycles. The number of hydrogen-bond donors (Lipinski definition) is 2. The van der Waals surface area contributed by atoms with Gasteiger partial charge in [0.25, 0.3) is 0 Å². The topological polar surface area (TPSA) is 47.3 Å². The minimum Gasteiger partial charge on any atom is -0.381 e. The van der Waals surface area contributed by atoms with E-state index in [9.17, 15) is 0 Å². The van der Waals surface area contributed by atoms with Crippen LogP contribution in [0.3, 0.4) is 0 Å². The molecule has 0 bridgehead atoms. The van der Waals surface area contributed by atoms with Gasteiger partial charge in [0.1, 0.15) is 0 Å². The maximum atomic E-state index is 6.28. The van der Waals surface area contributed by atoms with Crippen LogP contribution in [0.2, 0.25) is 0 Å². The summed E-state index contributed by atoms with van der Waals surface area (Å²) in [6.07, 6.45) is 4.66. The van der Waals surface area contributed by atoms with Crippen molar-refractivity contribution in [3.63, 3.8) is 0 Å². The molecule has 1 aliphatic carbocycles. The second kappa shape index (κ2) is 4.17. The van der Waals surface area contributed by atoms with Crippen LogP contribution in [0.25, 0.3) is 0 Å². The van der Waals surface area contributed by atoms with Crippen molar-refractivity contribution < 1.29 is 4.74 Å². The van der Waals surface area contributed by atoms with Crippen molar-refractivity contribution >= 4 is 0 Å². The summed E-state index contributed by atoms with van der Waals surface area (Å²) in [5.41, 5.74) is 6.28. The van der Waals surface area contributed by atoms with Gasteiger partial charge in [-0.3, -0.25) is 0 Å². The summed E-state index contributed by atoms with van der Waals surface area (Å²) in [6, 6.07) is 0.730. The van der Waals surface area contributed by atoms with Crippen molar-refractivity contribution in [2.75, 3.05) is 19.8 Å². The number of nitrogens with one attached hydrogen (secondary N) is 1. The molecule has 1 saturated carbocycles. The highest BCUT2D eigenvalue weighted by Gasteiger charge is 2.31. The second-order valence-corrected chi connectivity index (χ2v) is 5.13. The van der Waals surface area contributed by atoms with Crippen LogP contribution in [-0.4, -0.2) is 31.3 Å². The molecule has 0 spiro atoms. The molecule has 0 aromatic rings. The van der Waals surface area contributed by atoms with Crippen molar-refractivity contribution in [2.45, 2.75) is 44.2 Å². The van der Waals surface area contributed by atoms with Crippen LogP contribution in [-0.2, 0) is 4.74 Å². The van der Waals surface area contributed by atoms with E-state index < -0.39 is 0 Å². The number of ether oxygens (including phenoxy) is 1. The smallest absolute Gasteiger partial charge is 0.0484 e. The standard InChI is InChI=1S/C11H22N2O/c1-9-6-10(7-9)13-8-11(12)2-4-14-5-3-11/h9-10,13H,2-8,12H2,1H3. The highest BCUT2D eigenvalue weighted by Crippen LogP contribution is 2.27. The van der Waals surface area contributed by atoms with Gasteiger partial charge in [-0.05, 0) is 31.6 Å². The lowest BCUT2D eigenvalue weighted by Crippen LogP contribution is -2.55. The van der Waals surface area contributed by atoms with Crippen LogP contribution >= 0.6 is 0 Å². The lowest BCUT2D eigenvalue weighted by atomic mass is 9.81. The number of hydrogen-bond acceptors (Lipinski definition) is 3. The highest BCUT2D eigenvalue weighted by atomic mass is 16.5. The predicted molar refractivity (Wildman–Crippen MR) is 57.2 cm³/mol. The summed E-state index contributed by atoms with van der Waals surface area (Å²) in [4.78, 5) is 0. The molecular weight excluding hydrogens is 176 g/mol. The van der Waals surface area contributed by atoms with E-state index in [0.717, 1.165) is 44.6 Å². The molecule has 0 atom stereocenters. The SMILES string of the molecule is CC1CC(NCC2(N)CCOCC2)C1. The first-order chi connectivity index (χ1) is 6.68. The molecule has 1 heterocycles. The van der Waals surface area contributed by atoms with Crippen molar-refractivity contribution in [3.8, 4) is 0 Å². The van der Waals surface area contributed by atoms with Gasteiger partial charge in [-0.1, -0.05) is 6.92 Å². The highest BCUT2D eigenvalue weighted by molar-refractivity contribution is 4.92. The summed E-state index contributed by atoms with van der Waals surface area (Å²) in [5, 5.41) is 3.58. The molecule has 2 aliphatic rings. The van der Waals surface area contributed by atoms with Crippen molar-refractivity contribution in [1.82, 2.24) is 5.32 Å². The predicted octanol–water partition coefficient (Wildman–Crippen LogP) is 0.882. The first-order valence-electron chi connectivity index (χ1n) is 5.78. The largest absolute Gasteiger partial charge is 0.381 e. The van der Waals surface area contributed by atoms with E-state index in [2.05, 4.69) is 12.2 Å². The van der Waals surface area contributed by atoms with E-state index in [0.29, 0.717) is 0 Å². The van der Waals surface area contributed by atoms with E-state index in [1.165, 1.54) is 12.8 Å². The molecule has 3 nitrogen and oxygen atoms in total. The molecule has 2 fully saturated rings. The van der Waals surface area contributed by atoms with Gasteiger partial charge in [0.15, 0.2) is 0 Å². The minimum atomic E-state index is -0.00290. The first kappa shape index (κ1) is 10.4. The summed E-state index contributed by atoms with van der Waals surface area (Å²) in [6.45, 7) is 4.94. The fraction of sp³-hybridized carbons (Fsp3) is 1.00. The Bertz CT molecular complexity index is 184. The normalized spacial score (nSPS) is 36.4. The molecule has 3 N–H and O–H groups in total. The average molecular weight is 198 g/mol. The summed E-state index contributed by atoms with van der Waals surface area (Å²) >= 11 is 0. The van der Waals surface area contributed by atoms with Crippen LogP contribution in [0.4, 0.5) is 0 Å². The lowest BCUT2D eigenvalue weighted by molar-refractivity contribution is 0.0499. The molecule has 1 aliphatic heterocycles. The molecule has 3 heteroatoms. The molecule has 0 radical (unpaired) electrons. The van der Waals surface area contributed by atoms with Gasteiger partial charge in [0.05, 0.1) is 0 Å². The molecule has 0 unspecified atom stereocenters. The fourth-order valence-electron chi connectivity index (χ4n) is 2.37. The Morgan fingerprint density at radius 3 is 2.57 bits per heavy atom. The Hall–Kier alpha value is -0.120. The molecule has 0 aromatic carbocycles. The van der Waals surface area contributed by atoms with Gasteiger partial charge in [0, 0.05) is 31.3 Å². The zero-order valence-electron chi connectivity index (χ0n) is 9.09. The summed E-state index contributed by atoms with van der Waals surface area (Å²) in [7, 11) is 0. The summed E-state index contributed by atoms with van der Waals surface area (Å²) in [5.74, 6) is 0.913. The Morgan fingerprint density at radius 1 is 1.36 bits per heavy atom. The Balaban J connectivity index is 1.68. The molecule has 14 heavy (non-hydrogen) atoms. The van der Waals surface area contributed by atoms with Gasteiger partial charge in [-0.15, -0.1) is 0 Å². The Morgan fingerprint density at radius 2 is 2.00 bits per heavy atom. The number of rotatable bonds is 3. The molecule has 0 amide bonds. The molecule has 1 saturated heterocycles. The van der Waals surface area contributed by atoms with Crippen LogP contribution in [0.1, 0.15) is 32.6 Å². The molecule has 82 valence electrons. The van der Waals surface area contributed by atoms with Crippen molar-refractivity contribution in [3.05, 3.63) is 0 Å². The fourth-order valence-corrected chi connectivity index (χ4v) is 2.37. The molecular formula is C11H22N2O. The third kappa shape index (κ3) is 2.47. The zero-order chi connectivity index (χ0) is 10.0. The first-order valence-corrected chi connectivity index (χ1v) is 5.78. The maximum absolute atomic E-state index is 6.28. The van der Waals surface area contributed by atoms with E-state index >= 15 is 0 Å². The third-order valence-electron chi connectivity index (χ3n) is 3.61. The van der Waals surface area contributed by atoms with Crippen LogP contribution < -0.4 is 11.1 Å². The van der Waals surface area contributed by atoms with Gasteiger partial charge in [0.2, 0.25) is 0 Å². The Labute approximate surface area is 86.4 Å². The maximum Gasteiger partial charge on any atom is 0.0484 e. The number of nitrogens with two attached hydrogens (primary N) is 1. The monoisotopic (exact) mass is 198 g/mol. The Kier molecular flexibility index (Phi) is 3.10. The zero-order valence-corrected chi connectivity index (χ0v) is 9.09. The van der Waals surface area contributed by atoms with Crippen molar-refractivity contribution in [1.29, 1.82) is 0 Å². The van der Waals surface area contributed by atoms with Gasteiger partial charge in [-0.25, -0.2) is 0 Å². The van der Waals surface area contributed by atoms with Gasteiger partial charge in [-0.2, -0.15) is 0 Å². The van der Waals surface area contributed by atoms with Gasteiger partial charge >= 0.3 is 0 Å². The quantitative estimate of drug-likeness (QED) is 0.708. The van der Waals surface area contributed by atoms with Crippen molar-refractivity contribution in [2.24, 2.45) is 11.7 Å². The van der Waals surface area contributed by atoms with E-state index in [1.54, 1.807) is 0 Å². The van der Waals surface area contributed by atoms with Crippen LogP contribution in [0.15, 0.2) is 0 Å². The van der Waals surface area contributed by atoms with E-state index in [1.807, 2.05) is 0 Å². The second-order valence-electron chi connectivity index (χ2n) is 5.13. The lowest BCUT2D eigenvalue weighted by Gasteiger charge is -2.39. The van der Waals surface area contributed by atoms with E-state index in [4.69, 9.17) is 10.5 Å². The minimum absolute atomic E-state index is 0.00290. The van der Waals surface area contributed by atoms with Crippen LogP contribution in [0, 0.1) is 5.92 Å². The molecule has 2 rings (SSSR count). The average Bonchev–Trinajstić information content (AvgIpc) is 2.12. The third-order valence-corrected chi connectivity index (χ3v) is 3.61.